The third-order valence-electron chi connectivity index (χ3n) is 4.67. The highest BCUT2D eigenvalue weighted by Gasteiger charge is 2.48. The molecule has 134 valence electrons. The van der Waals surface area contributed by atoms with Crippen LogP contribution in [0.3, 0.4) is 0 Å². The number of aliphatic hydroxyl groups excluding tert-OH is 1. The summed E-state index contributed by atoms with van der Waals surface area (Å²) in [5.74, 6) is -3.13. The topological polar surface area (TPSA) is 49.3 Å². The minimum absolute atomic E-state index is 0.0165. The highest BCUT2D eigenvalue weighted by Crippen LogP contribution is 2.41. The van der Waals surface area contributed by atoms with Crippen molar-refractivity contribution >= 4 is 5.91 Å². The average Bonchev–Trinajstić information content (AvgIpc) is 2.54. The molecule has 0 heterocycles. The fourth-order valence-electron chi connectivity index (χ4n) is 3.39. The molecule has 0 bridgehead atoms. The van der Waals surface area contributed by atoms with E-state index in [1.54, 1.807) is 31.2 Å². The monoisotopic (exact) mass is 343 g/mol. The van der Waals surface area contributed by atoms with Crippen LogP contribution in [0.2, 0.25) is 0 Å². The van der Waals surface area contributed by atoms with Crippen molar-refractivity contribution in [1.29, 1.82) is 0 Å². The van der Waals surface area contributed by atoms with Crippen LogP contribution in [-0.4, -0.2) is 23.2 Å². The molecule has 0 radical (unpaired) electrons. The van der Waals surface area contributed by atoms with E-state index in [1.165, 1.54) is 0 Å². The maximum atomic E-state index is 13.1. The quantitative estimate of drug-likeness (QED) is 0.849. The predicted molar refractivity (Wildman–Crippen MR) is 85.1 cm³/mol. The standard InChI is InChI=1S/C18H24F3NO2/c1-12(11-16(23)13-7-3-2-4-8-13)22-17(24)14-9-5-6-10-15(14)18(19,20)21/h2-4,7-8,12,14-16,23H,5-6,9-11H2,1H3,(H,22,24). The minimum atomic E-state index is -4.34. The van der Waals surface area contributed by atoms with Gasteiger partial charge in [-0.3, -0.25) is 4.79 Å². The molecule has 1 fully saturated rings. The SMILES string of the molecule is CC(CC(O)c1ccccc1)NC(=O)C1CCCCC1C(F)(F)F. The third-order valence-corrected chi connectivity index (χ3v) is 4.67. The van der Waals surface area contributed by atoms with E-state index < -0.39 is 36.1 Å². The molecule has 1 aromatic carbocycles. The minimum Gasteiger partial charge on any atom is -0.388 e. The molecule has 6 heteroatoms. The zero-order valence-corrected chi connectivity index (χ0v) is 13.7. The van der Waals surface area contributed by atoms with Crippen molar-refractivity contribution in [3.63, 3.8) is 0 Å². The van der Waals surface area contributed by atoms with Gasteiger partial charge >= 0.3 is 6.18 Å². The number of carbonyl (C=O) groups is 1. The molecule has 4 atom stereocenters. The summed E-state index contributed by atoms with van der Waals surface area (Å²) in [5.41, 5.74) is 0.726. The van der Waals surface area contributed by atoms with Gasteiger partial charge in [-0.2, -0.15) is 13.2 Å². The molecule has 2 N–H and O–H groups in total. The number of hydrogen-bond donors (Lipinski definition) is 2. The first kappa shape index (κ1) is 18.8. The lowest BCUT2D eigenvalue weighted by atomic mass is 9.78. The summed E-state index contributed by atoms with van der Waals surface area (Å²) < 4.78 is 39.3. The molecule has 2 rings (SSSR count). The first-order chi connectivity index (χ1) is 11.3. The zero-order chi connectivity index (χ0) is 17.7. The van der Waals surface area contributed by atoms with Crippen LogP contribution < -0.4 is 5.32 Å². The number of benzene rings is 1. The Kier molecular flexibility index (Phi) is 6.27. The maximum Gasteiger partial charge on any atom is 0.392 e. The smallest absolute Gasteiger partial charge is 0.388 e. The van der Waals surface area contributed by atoms with Gasteiger partial charge in [0.25, 0.3) is 0 Å². The van der Waals surface area contributed by atoms with Crippen LogP contribution in [0.25, 0.3) is 0 Å². The number of aliphatic hydroxyl groups is 1. The molecule has 1 aliphatic rings. The summed E-state index contributed by atoms with van der Waals surface area (Å²) >= 11 is 0. The van der Waals surface area contributed by atoms with Crippen molar-refractivity contribution in [3.8, 4) is 0 Å². The normalized spacial score (nSPS) is 24.2. The zero-order valence-electron chi connectivity index (χ0n) is 13.7. The van der Waals surface area contributed by atoms with E-state index in [-0.39, 0.29) is 19.3 Å². The molecular formula is C18H24F3NO2. The number of rotatable bonds is 5. The highest BCUT2D eigenvalue weighted by atomic mass is 19.4. The van der Waals surface area contributed by atoms with Gasteiger partial charge in [0.2, 0.25) is 5.91 Å². The van der Waals surface area contributed by atoms with Gasteiger partial charge in [0.15, 0.2) is 0 Å². The maximum absolute atomic E-state index is 13.1. The largest absolute Gasteiger partial charge is 0.392 e. The Bertz CT molecular complexity index is 533. The van der Waals surface area contributed by atoms with Gasteiger partial charge in [0.1, 0.15) is 0 Å². The van der Waals surface area contributed by atoms with Crippen LogP contribution in [0, 0.1) is 11.8 Å². The van der Waals surface area contributed by atoms with Gasteiger partial charge < -0.3 is 10.4 Å². The Morgan fingerprint density at radius 3 is 2.50 bits per heavy atom. The summed E-state index contributed by atoms with van der Waals surface area (Å²) in [7, 11) is 0. The van der Waals surface area contributed by atoms with Crippen molar-refractivity contribution in [2.45, 2.75) is 57.3 Å². The van der Waals surface area contributed by atoms with Gasteiger partial charge in [0.05, 0.1) is 12.0 Å². The van der Waals surface area contributed by atoms with Crippen molar-refractivity contribution in [3.05, 3.63) is 35.9 Å². The van der Waals surface area contributed by atoms with Crippen LogP contribution in [0.4, 0.5) is 13.2 Å². The second kappa shape index (κ2) is 8.01. The van der Waals surface area contributed by atoms with Gasteiger partial charge in [-0.1, -0.05) is 43.2 Å². The van der Waals surface area contributed by atoms with Crippen LogP contribution in [0.15, 0.2) is 30.3 Å². The summed E-state index contributed by atoms with van der Waals surface area (Å²) in [6, 6.07) is 8.60. The Morgan fingerprint density at radius 2 is 1.88 bits per heavy atom. The Morgan fingerprint density at radius 1 is 1.25 bits per heavy atom. The van der Waals surface area contributed by atoms with Gasteiger partial charge in [-0.15, -0.1) is 0 Å². The van der Waals surface area contributed by atoms with E-state index in [0.29, 0.717) is 12.8 Å². The lowest BCUT2D eigenvalue weighted by Gasteiger charge is -2.33. The summed E-state index contributed by atoms with van der Waals surface area (Å²) in [6.07, 6.45) is -3.39. The first-order valence-electron chi connectivity index (χ1n) is 8.39. The lowest BCUT2D eigenvalue weighted by Crippen LogP contribution is -2.45. The van der Waals surface area contributed by atoms with E-state index in [4.69, 9.17) is 0 Å². The molecule has 24 heavy (non-hydrogen) atoms. The van der Waals surface area contributed by atoms with Crippen LogP contribution in [0.5, 0.6) is 0 Å². The van der Waals surface area contributed by atoms with Crippen molar-refractivity contribution in [2.24, 2.45) is 11.8 Å². The summed E-state index contributed by atoms with van der Waals surface area (Å²) in [5, 5.41) is 12.8. The molecule has 0 aromatic heterocycles. The second-order valence-electron chi connectivity index (χ2n) is 6.61. The molecule has 1 aromatic rings. The number of alkyl halides is 3. The second-order valence-corrected chi connectivity index (χ2v) is 6.61. The van der Waals surface area contributed by atoms with E-state index in [0.717, 1.165) is 5.56 Å². The summed E-state index contributed by atoms with van der Waals surface area (Å²) in [4.78, 5) is 12.3. The third kappa shape index (κ3) is 4.97. The molecule has 0 spiro atoms. The Labute approximate surface area is 140 Å². The first-order valence-corrected chi connectivity index (χ1v) is 8.39. The highest BCUT2D eigenvalue weighted by molar-refractivity contribution is 5.79. The summed E-state index contributed by atoms with van der Waals surface area (Å²) in [6.45, 7) is 1.70. The molecule has 1 amide bonds. The lowest BCUT2D eigenvalue weighted by molar-refractivity contribution is -0.198. The number of nitrogens with one attached hydrogen (secondary N) is 1. The fraction of sp³-hybridized carbons (Fsp3) is 0.611. The Balaban J connectivity index is 1.92. The van der Waals surface area contributed by atoms with Crippen molar-refractivity contribution < 1.29 is 23.1 Å². The number of amides is 1. The molecule has 1 aliphatic carbocycles. The molecule has 3 nitrogen and oxygen atoms in total. The predicted octanol–water partition coefficient (Wildman–Crippen LogP) is 3.98. The van der Waals surface area contributed by atoms with Gasteiger partial charge in [-0.25, -0.2) is 0 Å². The fourth-order valence-corrected chi connectivity index (χ4v) is 3.39. The van der Waals surface area contributed by atoms with E-state index in [9.17, 15) is 23.1 Å². The van der Waals surface area contributed by atoms with E-state index in [1.807, 2.05) is 6.07 Å². The van der Waals surface area contributed by atoms with Crippen molar-refractivity contribution in [2.75, 3.05) is 0 Å². The number of carbonyl (C=O) groups excluding carboxylic acids is 1. The van der Waals surface area contributed by atoms with E-state index >= 15 is 0 Å². The molecule has 4 unspecified atom stereocenters. The van der Waals surface area contributed by atoms with Crippen LogP contribution >= 0.6 is 0 Å². The van der Waals surface area contributed by atoms with Crippen LogP contribution in [-0.2, 0) is 4.79 Å². The Hall–Kier alpha value is -1.56. The van der Waals surface area contributed by atoms with Gasteiger partial charge in [0, 0.05) is 12.0 Å². The number of hydrogen-bond acceptors (Lipinski definition) is 2. The molecule has 0 saturated heterocycles. The average molecular weight is 343 g/mol. The molecular weight excluding hydrogens is 319 g/mol. The van der Waals surface area contributed by atoms with Gasteiger partial charge in [-0.05, 0) is 31.7 Å². The molecule has 0 aliphatic heterocycles. The van der Waals surface area contributed by atoms with Crippen LogP contribution in [0.1, 0.15) is 50.7 Å². The molecule has 1 saturated carbocycles. The number of halogens is 3. The van der Waals surface area contributed by atoms with E-state index in [2.05, 4.69) is 5.32 Å². The van der Waals surface area contributed by atoms with Crippen molar-refractivity contribution in [1.82, 2.24) is 5.32 Å².